The van der Waals surface area contributed by atoms with E-state index in [0.717, 1.165) is 110 Å². The van der Waals surface area contributed by atoms with Gasteiger partial charge in [0.2, 0.25) is 0 Å². The highest BCUT2D eigenvalue weighted by Gasteiger charge is 2.17. The molecule has 0 radical (unpaired) electrons. The molecule has 0 saturated heterocycles. The summed E-state index contributed by atoms with van der Waals surface area (Å²) in [6, 6.07) is 0. The number of nitrogens with zero attached hydrogens (tertiary/aromatic N) is 1. The predicted octanol–water partition coefficient (Wildman–Crippen LogP) is 15.2. The van der Waals surface area contributed by atoms with Gasteiger partial charge in [0, 0.05) is 38.0 Å². The minimum Gasteiger partial charge on any atom is -0.465 e. The highest BCUT2D eigenvalue weighted by atomic mass is 16.5. The minimum atomic E-state index is -0.217. The van der Waals surface area contributed by atoms with Gasteiger partial charge in [-0.15, -0.1) is 0 Å². The van der Waals surface area contributed by atoms with Crippen molar-refractivity contribution in [1.29, 1.82) is 0 Å². The van der Waals surface area contributed by atoms with Crippen molar-refractivity contribution in [3.05, 3.63) is 24.3 Å². The molecule has 0 rings (SSSR count). The van der Waals surface area contributed by atoms with E-state index in [1.165, 1.54) is 83.5 Å². The van der Waals surface area contributed by atoms with Gasteiger partial charge < -0.3 is 19.1 Å². The van der Waals surface area contributed by atoms with E-state index in [1.54, 1.807) is 0 Å². The van der Waals surface area contributed by atoms with Gasteiger partial charge in [0.15, 0.2) is 0 Å². The molecule has 2 unspecified atom stereocenters. The Balaban J connectivity index is 4.43. The second kappa shape index (κ2) is 47.5. The fourth-order valence-corrected chi connectivity index (χ4v) is 7.96. The highest BCUT2D eigenvalue weighted by molar-refractivity contribution is 5.78. The summed E-state index contributed by atoms with van der Waals surface area (Å²) in [5.74, 6) is 0.189. The smallest absolute Gasteiger partial charge is 0.305 e. The fraction of sp³-hybridized carbons (Fsp3) is 0.855. The zero-order valence-corrected chi connectivity index (χ0v) is 42.1. The molecule has 0 N–H and O–H groups in total. The van der Waals surface area contributed by atoms with Crippen molar-refractivity contribution in [3.63, 3.8) is 0 Å². The van der Waals surface area contributed by atoms with Gasteiger partial charge in [-0.05, 0) is 115 Å². The van der Waals surface area contributed by atoms with E-state index in [2.05, 4.69) is 63.8 Å². The number of hydrogen-bond donors (Lipinski definition) is 0. The van der Waals surface area contributed by atoms with Gasteiger partial charge in [-0.2, -0.15) is 0 Å². The normalized spacial score (nSPS) is 12.7. The molecule has 0 aliphatic carbocycles. The fourth-order valence-electron chi connectivity index (χ4n) is 7.96. The third kappa shape index (κ3) is 43.2. The third-order valence-electron chi connectivity index (χ3n) is 12.4. The van der Waals surface area contributed by atoms with E-state index in [9.17, 15) is 19.2 Å². The molecule has 0 aromatic rings. The van der Waals surface area contributed by atoms with Crippen LogP contribution in [-0.2, 0) is 33.4 Å². The summed E-state index contributed by atoms with van der Waals surface area (Å²) in [5.41, 5.74) is 0. The summed E-state index contributed by atoms with van der Waals surface area (Å²) in [4.78, 5) is 52.7. The standard InChI is InChI=1S/C55H101NO7/c1-6-11-14-16-17-18-19-20-21-22-23-24-25-28-32-41-52(57)42-37-40-51(49-63-55(60)45-35-36-46-56(9-4)10-5)48-62-54(59)44-34-30-27-26-29-33-43-53(58)61-47-50(38-13-8-3)39-31-15-12-7-2/h17-18,20-21,50-51H,6-16,19,22-49H2,1-5H3/b18-17-,21-20-. The lowest BCUT2D eigenvalue weighted by atomic mass is 9.96. The summed E-state index contributed by atoms with van der Waals surface area (Å²) < 4.78 is 17.0. The summed E-state index contributed by atoms with van der Waals surface area (Å²) in [7, 11) is 0. The molecular formula is C55H101NO7. The van der Waals surface area contributed by atoms with Gasteiger partial charge in [-0.3, -0.25) is 19.2 Å². The lowest BCUT2D eigenvalue weighted by Gasteiger charge is -2.18. The van der Waals surface area contributed by atoms with Gasteiger partial charge in [-0.1, -0.05) is 155 Å². The minimum absolute atomic E-state index is 0.0641. The number of carbonyl (C=O) groups excluding carboxylic acids is 4. The van der Waals surface area contributed by atoms with Crippen molar-refractivity contribution in [3.8, 4) is 0 Å². The van der Waals surface area contributed by atoms with E-state index in [-0.39, 0.29) is 37.0 Å². The van der Waals surface area contributed by atoms with Crippen molar-refractivity contribution in [1.82, 2.24) is 4.90 Å². The van der Waals surface area contributed by atoms with Crippen LogP contribution in [0.1, 0.15) is 253 Å². The molecule has 0 spiro atoms. The SMILES string of the molecule is CCCCC/C=C\C/C=C\CCCCCCCC(=O)CCCC(COC(=O)CCCCCCCCC(=O)OCC(CCCC)CCCCCC)COC(=O)CCCCN(CC)CC. The number of rotatable bonds is 48. The number of ketones is 1. The van der Waals surface area contributed by atoms with Crippen LogP contribution < -0.4 is 0 Å². The molecule has 63 heavy (non-hydrogen) atoms. The molecule has 2 atom stereocenters. The lowest BCUT2D eigenvalue weighted by molar-refractivity contribution is -0.149. The van der Waals surface area contributed by atoms with E-state index in [0.29, 0.717) is 63.3 Å². The Kier molecular flexibility index (Phi) is 45.6. The van der Waals surface area contributed by atoms with Crippen LogP contribution in [0, 0.1) is 11.8 Å². The molecule has 0 aliphatic rings. The summed E-state index contributed by atoms with van der Waals surface area (Å²) >= 11 is 0. The van der Waals surface area contributed by atoms with E-state index in [1.807, 2.05) is 0 Å². The number of allylic oxidation sites excluding steroid dienone is 4. The summed E-state index contributed by atoms with van der Waals surface area (Å²) in [5, 5.41) is 0. The number of Topliss-reactive ketones (excluding diaryl/α,β-unsaturated/α-hetero) is 1. The molecule has 0 amide bonds. The van der Waals surface area contributed by atoms with Gasteiger partial charge in [-0.25, -0.2) is 0 Å². The Morgan fingerprint density at radius 3 is 1.33 bits per heavy atom. The molecule has 0 aliphatic heterocycles. The first-order chi connectivity index (χ1) is 30.8. The predicted molar refractivity (Wildman–Crippen MR) is 265 cm³/mol. The molecular weight excluding hydrogens is 787 g/mol. The van der Waals surface area contributed by atoms with Crippen molar-refractivity contribution in [2.45, 2.75) is 253 Å². The molecule has 8 heteroatoms. The van der Waals surface area contributed by atoms with Crippen LogP contribution in [0.3, 0.4) is 0 Å². The maximum atomic E-state index is 12.7. The topological polar surface area (TPSA) is 99.2 Å². The van der Waals surface area contributed by atoms with Crippen LogP contribution in [0.15, 0.2) is 24.3 Å². The van der Waals surface area contributed by atoms with Gasteiger partial charge in [0.1, 0.15) is 5.78 Å². The van der Waals surface area contributed by atoms with E-state index < -0.39 is 0 Å². The van der Waals surface area contributed by atoms with Gasteiger partial charge in [0.25, 0.3) is 0 Å². The van der Waals surface area contributed by atoms with Crippen molar-refractivity contribution in [2.24, 2.45) is 11.8 Å². The molecule has 0 heterocycles. The Morgan fingerprint density at radius 2 is 0.794 bits per heavy atom. The Labute approximate surface area is 389 Å². The van der Waals surface area contributed by atoms with Crippen molar-refractivity contribution >= 4 is 23.7 Å². The zero-order valence-electron chi connectivity index (χ0n) is 42.1. The lowest BCUT2D eigenvalue weighted by Crippen LogP contribution is -2.24. The second-order valence-electron chi connectivity index (χ2n) is 18.3. The van der Waals surface area contributed by atoms with Crippen LogP contribution in [0.4, 0.5) is 0 Å². The average molecular weight is 888 g/mol. The van der Waals surface area contributed by atoms with Crippen LogP contribution >= 0.6 is 0 Å². The summed E-state index contributed by atoms with van der Waals surface area (Å²) in [6.07, 6.45) is 42.9. The van der Waals surface area contributed by atoms with Gasteiger partial charge >= 0.3 is 17.9 Å². The molecule has 0 bridgehead atoms. The van der Waals surface area contributed by atoms with E-state index in [4.69, 9.17) is 14.2 Å². The third-order valence-corrected chi connectivity index (χ3v) is 12.4. The van der Waals surface area contributed by atoms with Crippen molar-refractivity contribution in [2.75, 3.05) is 39.5 Å². The molecule has 368 valence electrons. The second-order valence-corrected chi connectivity index (χ2v) is 18.3. The first-order valence-corrected chi connectivity index (χ1v) is 26.8. The quantitative estimate of drug-likeness (QED) is 0.0258. The Morgan fingerprint density at radius 1 is 0.397 bits per heavy atom. The number of carbonyl (C=O) groups is 4. The van der Waals surface area contributed by atoms with Crippen LogP contribution in [0.25, 0.3) is 0 Å². The van der Waals surface area contributed by atoms with Crippen LogP contribution in [-0.4, -0.2) is 68.0 Å². The first kappa shape index (κ1) is 60.5. The molecule has 0 saturated carbocycles. The summed E-state index contributed by atoms with van der Waals surface area (Å²) in [6.45, 7) is 15.0. The maximum absolute atomic E-state index is 12.7. The maximum Gasteiger partial charge on any atom is 0.305 e. The van der Waals surface area contributed by atoms with Crippen LogP contribution in [0.2, 0.25) is 0 Å². The average Bonchev–Trinajstić information content (AvgIpc) is 3.28. The van der Waals surface area contributed by atoms with Crippen molar-refractivity contribution < 1.29 is 33.4 Å². The monoisotopic (exact) mass is 888 g/mol. The largest absolute Gasteiger partial charge is 0.465 e. The zero-order chi connectivity index (χ0) is 46.3. The molecule has 0 aromatic carbocycles. The number of esters is 3. The Bertz CT molecular complexity index is 1120. The Hall–Kier alpha value is -2.48. The first-order valence-electron chi connectivity index (χ1n) is 26.8. The molecule has 0 aromatic heterocycles. The highest BCUT2D eigenvalue weighted by Crippen LogP contribution is 2.19. The molecule has 0 fully saturated rings. The number of ether oxygens (including phenoxy) is 3. The van der Waals surface area contributed by atoms with Gasteiger partial charge in [0.05, 0.1) is 19.8 Å². The molecule has 8 nitrogen and oxygen atoms in total. The van der Waals surface area contributed by atoms with E-state index >= 15 is 0 Å². The number of unbranched alkanes of at least 4 members (excludes halogenated alkanes) is 18. The van der Waals surface area contributed by atoms with Crippen LogP contribution in [0.5, 0.6) is 0 Å². The number of hydrogen-bond acceptors (Lipinski definition) is 8.